The van der Waals surface area contributed by atoms with Gasteiger partial charge in [-0.3, -0.25) is 9.69 Å². The van der Waals surface area contributed by atoms with Gasteiger partial charge in [0, 0.05) is 43.9 Å². The summed E-state index contributed by atoms with van der Waals surface area (Å²) in [5.41, 5.74) is 1.25. The average Bonchev–Trinajstić information content (AvgIpc) is 2.48. The van der Waals surface area contributed by atoms with Crippen molar-refractivity contribution in [3.8, 4) is 0 Å². The predicted molar refractivity (Wildman–Crippen MR) is 85.0 cm³/mol. The third-order valence-corrected chi connectivity index (χ3v) is 4.57. The highest BCUT2D eigenvalue weighted by molar-refractivity contribution is 5.16. The van der Waals surface area contributed by atoms with Gasteiger partial charge in [0.25, 0.3) is 5.56 Å². The number of rotatable bonds is 6. The Kier molecular flexibility index (Phi) is 4.76. The van der Waals surface area contributed by atoms with Gasteiger partial charge in [-0.1, -0.05) is 12.1 Å². The van der Waals surface area contributed by atoms with Crippen LogP contribution in [0.25, 0.3) is 0 Å². The lowest BCUT2D eigenvalue weighted by molar-refractivity contribution is 0.0100. The first-order valence-corrected chi connectivity index (χ1v) is 7.96. The molecule has 0 spiro atoms. The zero-order chi connectivity index (χ0) is 15.5. The van der Waals surface area contributed by atoms with E-state index in [9.17, 15) is 9.90 Å². The Morgan fingerprint density at radius 3 is 3.09 bits per heavy atom. The molecule has 22 heavy (non-hydrogen) atoms. The van der Waals surface area contributed by atoms with Gasteiger partial charge in [-0.25, -0.2) is 0 Å². The van der Waals surface area contributed by atoms with Gasteiger partial charge in [0.05, 0.1) is 19.3 Å². The van der Waals surface area contributed by atoms with Gasteiger partial charge in [-0.15, -0.1) is 6.58 Å². The molecule has 0 aromatic carbocycles. The standard InChI is InChI=1S/C17H24N2O3/c1-2-6-22-12-15(20)11-18-8-13-7-14(10-18)16-4-3-5-17(21)19(16)9-13/h2-5,13-15,20H,1,6-12H2/t13-,14+,15-/m0/s1. The molecule has 3 atom stereocenters. The van der Waals surface area contributed by atoms with E-state index in [1.807, 2.05) is 10.6 Å². The second-order valence-corrected chi connectivity index (χ2v) is 6.40. The number of likely N-dealkylation sites (tertiary alicyclic amines) is 1. The topological polar surface area (TPSA) is 54.7 Å². The quantitative estimate of drug-likeness (QED) is 0.625. The molecule has 0 amide bonds. The molecule has 0 saturated carbocycles. The van der Waals surface area contributed by atoms with Gasteiger partial charge in [0.1, 0.15) is 0 Å². The fourth-order valence-corrected chi connectivity index (χ4v) is 3.78. The lowest BCUT2D eigenvalue weighted by Gasteiger charge is -2.43. The van der Waals surface area contributed by atoms with Crippen LogP contribution in [-0.2, 0) is 11.3 Å². The summed E-state index contributed by atoms with van der Waals surface area (Å²) < 4.78 is 7.24. The van der Waals surface area contributed by atoms with Gasteiger partial charge in [0.15, 0.2) is 0 Å². The lowest BCUT2D eigenvalue weighted by atomic mass is 9.83. The fourth-order valence-electron chi connectivity index (χ4n) is 3.78. The van der Waals surface area contributed by atoms with Crippen LogP contribution in [0.5, 0.6) is 0 Å². The molecule has 2 aliphatic heterocycles. The minimum absolute atomic E-state index is 0.110. The summed E-state index contributed by atoms with van der Waals surface area (Å²) in [6.45, 7) is 7.67. The molecule has 1 saturated heterocycles. The van der Waals surface area contributed by atoms with Gasteiger partial charge in [-0.2, -0.15) is 0 Å². The second kappa shape index (κ2) is 6.77. The minimum Gasteiger partial charge on any atom is -0.389 e. The molecule has 1 fully saturated rings. The number of nitrogens with zero attached hydrogens (tertiary/aromatic N) is 2. The number of aliphatic hydroxyl groups is 1. The first kappa shape index (κ1) is 15.5. The van der Waals surface area contributed by atoms with E-state index < -0.39 is 6.10 Å². The molecule has 0 unspecified atom stereocenters. The van der Waals surface area contributed by atoms with Gasteiger partial charge < -0.3 is 14.4 Å². The van der Waals surface area contributed by atoms with Crippen molar-refractivity contribution in [2.24, 2.45) is 5.92 Å². The molecule has 0 radical (unpaired) electrons. The lowest BCUT2D eigenvalue weighted by Crippen LogP contribution is -2.49. The Labute approximate surface area is 130 Å². The number of hydrogen-bond acceptors (Lipinski definition) is 4. The summed E-state index contributed by atoms with van der Waals surface area (Å²) in [5.74, 6) is 0.885. The normalized spacial score (nSPS) is 25.5. The monoisotopic (exact) mass is 304 g/mol. The van der Waals surface area contributed by atoms with Crippen LogP contribution in [0, 0.1) is 5.92 Å². The molecular weight excluding hydrogens is 280 g/mol. The highest BCUT2D eigenvalue weighted by Crippen LogP contribution is 2.34. The number of hydrogen-bond donors (Lipinski definition) is 1. The predicted octanol–water partition coefficient (Wildman–Crippen LogP) is 0.831. The van der Waals surface area contributed by atoms with Crippen LogP contribution in [-0.4, -0.2) is 53.5 Å². The maximum absolute atomic E-state index is 12.0. The van der Waals surface area contributed by atoms with E-state index in [4.69, 9.17) is 4.74 Å². The third kappa shape index (κ3) is 3.32. The third-order valence-electron chi connectivity index (χ3n) is 4.57. The SMILES string of the molecule is C=CCOC[C@@H](O)CN1C[C@@H]2C[C@H](C1)c1cccc(=O)n1C2. The Bertz CT molecular complexity index is 584. The van der Waals surface area contributed by atoms with Crippen molar-refractivity contribution in [1.29, 1.82) is 0 Å². The summed E-state index contributed by atoms with van der Waals surface area (Å²) in [7, 11) is 0. The van der Waals surface area contributed by atoms with E-state index in [0.29, 0.717) is 31.6 Å². The first-order valence-electron chi connectivity index (χ1n) is 7.96. The highest BCUT2D eigenvalue weighted by Gasteiger charge is 2.34. The maximum atomic E-state index is 12.0. The number of ether oxygens (including phenoxy) is 1. The first-order chi connectivity index (χ1) is 10.7. The van der Waals surface area contributed by atoms with Crippen LogP contribution in [0.1, 0.15) is 18.0 Å². The number of fused-ring (bicyclic) bond motifs is 4. The number of β-amino-alcohol motifs (C(OH)–C–C–N with tert-alkyl or cyclic N) is 1. The van der Waals surface area contributed by atoms with Crippen molar-refractivity contribution < 1.29 is 9.84 Å². The minimum atomic E-state index is -0.475. The number of pyridine rings is 1. The van der Waals surface area contributed by atoms with E-state index in [-0.39, 0.29) is 5.56 Å². The van der Waals surface area contributed by atoms with E-state index >= 15 is 0 Å². The molecule has 1 aromatic rings. The van der Waals surface area contributed by atoms with Crippen LogP contribution in [0.2, 0.25) is 0 Å². The van der Waals surface area contributed by atoms with Gasteiger partial charge in [-0.05, 0) is 18.4 Å². The average molecular weight is 304 g/mol. The fraction of sp³-hybridized carbons (Fsp3) is 0.588. The van der Waals surface area contributed by atoms with Crippen LogP contribution < -0.4 is 5.56 Å². The smallest absolute Gasteiger partial charge is 0.250 e. The Morgan fingerprint density at radius 1 is 1.41 bits per heavy atom. The second-order valence-electron chi connectivity index (χ2n) is 6.40. The molecule has 2 aliphatic rings. The molecule has 0 aliphatic carbocycles. The van der Waals surface area contributed by atoms with E-state index in [1.165, 1.54) is 0 Å². The van der Waals surface area contributed by atoms with Crippen molar-refractivity contribution in [1.82, 2.24) is 9.47 Å². The van der Waals surface area contributed by atoms with Gasteiger partial charge in [0.2, 0.25) is 0 Å². The molecule has 1 N–H and O–H groups in total. The number of aromatic nitrogens is 1. The summed E-state index contributed by atoms with van der Waals surface area (Å²) in [6.07, 6.45) is 2.35. The number of piperidine rings is 1. The Balaban J connectivity index is 1.63. The van der Waals surface area contributed by atoms with Crippen molar-refractivity contribution in [3.05, 3.63) is 46.9 Å². The van der Waals surface area contributed by atoms with Crippen molar-refractivity contribution in [2.45, 2.75) is 25.0 Å². The molecule has 5 nitrogen and oxygen atoms in total. The highest BCUT2D eigenvalue weighted by atomic mass is 16.5. The maximum Gasteiger partial charge on any atom is 0.250 e. The zero-order valence-corrected chi connectivity index (χ0v) is 12.9. The summed E-state index contributed by atoms with van der Waals surface area (Å²) >= 11 is 0. The van der Waals surface area contributed by atoms with Crippen LogP contribution >= 0.6 is 0 Å². The molecule has 120 valence electrons. The van der Waals surface area contributed by atoms with E-state index in [1.54, 1.807) is 12.1 Å². The Morgan fingerprint density at radius 2 is 2.27 bits per heavy atom. The van der Waals surface area contributed by atoms with Crippen molar-refractivity contribution in [2.75, 3.05) is 32.8 Å². The molecule has 3 rings (SSSR count). The van der Waals surface area contributed by atoms with E-state index in [0.717, 1.165) is 31.7 Å². The Hall–Kier alpha value is -1.43. The van der Waals surface area contributed by atoms with Crippen molar-refractivity contribution in [3.63, 3.8) is 0 Å². The molecule has 1 aromatic heterocycles. The van der Waals surface area contributed by atoms with Crippen LogP contribution in [0.15, 0.2) is 35.6 Å². The zero-order valence-electron chi connectivity index (χ0n) is 12.9. The molecular formula is C17H24N2O3. The van der Waals surface area contributed by atoms with Crippen molar-refractivity contribution >= 4 is 0 Å². The summed E-state index contributed by atoms with van der Waals surface area (Å²) in [6, 6.07) is 5.56. The van der Waals surface area contributed by atoms with Crippen LogP contribution in [0.4, 0.5) is 0 Å². The molecule has 2 bridgehead atoms. The van der Waals surface area contributed by atoms with Gasteiger partial charge >= 0.3 is 0 Å². The van der Waals surface area contributed by atoms with E-state index in [2.05, 4.69) is 17.5 Å². The van der Waals surface area contributed by atoms with Crippen LogP contribution in [0.3, 0.4) is 0 Å². The summed E-state index contributed by atoms with van der Waals surface area (Å²) in [5, 5.41) is 10.1. The largest absolute Gasteiger partial charge is 0.389 e. The molecule has 3 heterocycles. The molecule has 5 heteroatoms. The summed E-state index contributed by atoms with van der Waals surface area (Å²) in [4.78, 5) is 14.3. The number of aliphatic hydroxyl groups excluding tert-OH is 1.